The molecule has 0 bridgehead atoms. The van der Waals surface area contributed by atoms with Crippen LogP contribution in [0.2, 0.25) is 0 Å². The molecule has 1 aliphatic carbocycles. The van der Waals surface area contributed by atoms with Gasteiger partial charge >= 0.3 is 0 Å². The second kappa shape index (κ2) is 8.73. The van der Waals surface area contributed by atoms with Gasteiger partial charge in [0, 0.05) is 27.9 Å². The normalized spacial score (nSPS) is 21.2. The van der Waals surface area contributed by atoms with Crippen molar-refractivity contribution >= 4 is 27.7 Å². The van der Waals surface area contributed by atoms with Crippen LogP contribution in [0.15, 0.2) is 22.7 Å². The highest BCUT2D eigenvalue weighted by molar-refractivity contribution is 9.10. The second-order valence-electron chi connectivity index (χ2n) is 5.16. The van der Waals surface area contributed by atoms with E-state index in [0.29, 0.717) is 12.6 Å². The average molecular weight is 368 g/mol. The summed E-state index contributed by atoms with van der Waals surface area (Å²) in [4.78, 5) is 0. The van der Waals surface area contributed by atoms with Gasteiger partial charge in [0.2, 0.25) is 0 Å². The fourth-order valence-corrected chi connectivity index (χ4v) is 4.40. The Labute approximate surface area is 140 Å². The van der Waals surface area contributed by atoms with Crippen LogP contribution in [0.1, 0.15) is 31.7 Å². The summed E-state index contributed by atoms with van der Waals surface area (Å²) in [6, 6.07) is 6.68. The zero-order valence-electron chi connectivity index (χ0n) is 12.4. The molecule has 0 amide bonds. The molecule has 21 heavy (non-hydrogen) atoms. The Bertz CT molecular complexity index is 500. The zero-order valence-corrected chi connectivity index (χ0v) is 14.8. The van der Waals surface area contributed by atoms with Gasteiger partial charge in [0.05, 0.1) is 0 Å². The maximum atomic E-state index is 5.63. The molecule has 1 aromatic carbocycles. The quantitative estimate of drug-likeness (QED) is 0.728. The molecule has 1 aromatic rings. The Morgan fingerprint density at radius 2 is 2.33 bits per heavy atom. The van der Waals surface area contributed by atoms with Crippen LogP contribution < -0.4 is 10.1 Å². The van der Waals surface area contributed by atoms with Crippen LogP contribution in [-0.2, 0) is 6.54 Å². The molecule has 1 fully saturated rings. The lowest BCUT2D eigenvalue weighted by molar-refractivity contribution is 0.363. The summed E-state index contributed by atoms with van der Waals surface area (Å²) in [5.74, 6) is 4.59. The van der Waals surface area contributed by atoms with Gasteiger partial charge in [0.25, 0.3) is 0 Å². The van der Waals surface area contributed by atoms with Crippen molar-refractivity contribution in [1.82, 2.24) is 5.32 Å². The van der Waals surface area contributed by atoms with Gasteiger partial charge in [0.15, 0.2) is 0 Å². The molecule has 0 radical (unpaired) electrons. The third-order valence-corrected chi connectivity index (χ3v) is 5.54. The summed E-state index contributed by atoms with van der Waals surface area (Å²) < 4.78 is 6.70. The van der Waals surface area contributed by atoms with Crippen LogP contribution in [0.25, 0.3) is 0 Å². The highest BCUT2D eigenvalue weighted by Crippen LogP contribution is 2.31. The van der Waals surface area contributed by atoms with E-state index in [4.69, 9.17) is 11.2 Å². The molecule has 0 aliphatic heterocycles. The predicted molar refractivity (Wildman–Crippen MR) is 94.9 cm³/mol. The van der Waals surface area contributed by atoms with Crippen molar-refractivity contribution in [2.24, 2.45) is 0 Å². The highest BCUT2D eigenvalue weighted by atomic mass is 79.9. The number of hydrogen-bond donors (Lipinski definition) is 1. The lowest BCUT2D eigenvalue weighted by Crippen LogP contribution is -2.33. The molecule has 1 N–H and O–H groups in total. The minimum atomic E-state index is 0.312. The first-order valence-corrected chi connectivity index (χ1v) is 9.28. The maximum absolute atomic E-state index is 5.63. The van der Waals surface area contributed by atoms with Crippen LogP contribution >= 0.6 is 27.7 Å². The lowest BCUT2D eigenvalue weighted by Gasteiger charge is -2.21. The molecule has 1 saturated carbocycles. The number of rotatable bonds is 7. The molecular weight excluding hydrogens is 346 g/mol. The summed E-state index contributed by atoms with van der Waals surface area (Å²) in [6.45, 7) is 3.37. The van der Waals surface area contributed by atoms with Crippen molar-refractivity contribution in [2.75, 3.05) is 12.4 Å². The van der Waals surface area contributed by atoms with E-state index in [1.54, 1.807) is 0 Å². The fourth-order valence-electron chi connectivity index (χ4n) is 2.76. The molecule has 1 aliphatic rings. The molecule has 0 aromatic heterocycles. The SMILES string of the molecule is C#CCOc1ccc(Br)cc1CNC1CCCC1SCC. The van der Waals surface area contributed by atoms with E-state index in [2.05, 4.69) is 51.9 Å². The third kappa shape index (κ3) is 4.95. The van der Waals surface area contributed by atoms with E-state index in [9.17, 15) is 0 Å². The maximum Gasteiger partial charge on any atom is 0.148 e. The summed E-state index contributed by atoms with van der Waals surface area (Å²) in [6.07, 6.45) is 9.20. The summed E-state index contributed by atoms with van der Waals surface area (Å²) in [5.41, 5.74) is 1.16. The minimum absolute atomic E-state index is 0.312. The third-order valence-electron chi connectivity index (χ3n) is 3.72. The Kier molecular flexibility index (Phi) is 6.95. The first-order chi connectivity index (χ1) is 10.2. The summed E-state index contributed by atoms with van der Waals surface area (Å²) in [5, 5.41) is 4.45. The van der Waals surface area contributed by atoms with Crippen molar-refractivity contribution in [3.05, 3.63) is 28.2 Å². The molecule has 0 saturated heterocycles. The minimum Gasteiger partial charge on any atom is -0.481 e. The van der Waals surface area contributed by atoms with Crippen LogP contribution in [0.5, 0.6) is 5.75 Å². The number of benzene rings is 1. The first kappa shape index (κ1) is 16.7. The van der Waals surface area contributed by atoms with E-state index in [0.717, 1.165) is 27.6 Å². The van der Waals surface area contributed by atoms with Crippen molar-refractivity contribution < 1.29 is 4.74 Å². The molecule has 2 unspecified atom stereocenters. The number of terminal acetylenes is 1. The van der Waals surface area contributed by atoms with Gasteiger partial charge in [-0.3, -0.25) is 0 Å². The smallest absolute Gasteiger partial charge is 0.148 e. The van der Waals surface area contributed by atoms with Crippen molar-refractivity contribution in [3.63, 3.8) is 0 Å². The number of ether oxygens (including phenoxy) is 1. The number of halogens is 1. The van der Waals surface area contributed by atoms with Gasteiger partial charge in [-0.15, -0.1) is 6.42 Å². The largest absolute Gasteiger partial charge is 0.481 e. The summed E-state index contributed by atoms with van der Waals surface area (Å²) in [7, 11) is 0. The average Bonchev–Trinajstić information content (AvgIpc) is 2.92. The van der Waals surface area contributed by atoms with Gasteiger partial charge in [-0.25, -0.2) is 0 Å². The first-order valence-electron chi connectivity index (χ1n) is 7.44. The van der Waals surface area contributed by atoms with E-state index >= 15 is 0 Å². The number of thioether (sulfide) groups is 1. The Morgan fingerprint density at radius 1 is 1.48 bits per heavy atom. The number of hydrogen-bond acceptors (Lipinski definition) is 3. The van der Waals surface area contributed by atoms with Crippen LogP contribution in [0, 0.1) is 12.3 Å². The van der Waals surface area contributed by atoms with E-state index < -0.39 is 0 Å². The zero-order chi connectivity index (χ0) is 15.1. The van der Waals surface area contributed by atoms with Gasteiger partial charge in [-0.2, -0.15) is 11.8 Å². The standard InChI is InChI=1S/C17H22BrNOS/c1-3-10-20-16-9-8-14(18)11-13(16)12-19-15-6-5-7-17(15)21-4-2/h1,8-9,11,15,17,19H,4-7,10,12H2,2H3. The monoisotopic (exact) mass is 367 g/mol. The van der Waals surface area contributed by atoms with Crippen molar-refractivity contribution in [3.8, 4) is 18.1 Å². The fraction of sp³-hybridized carbons (Fsp3) is 0.529. The lowest BCUT2D eigenvalue weighted by atomic mass is 10.1. The van der Waals surface area contributed by atoms with Gasteiger partial charge < -0.3 is 10.1 Å². The number of nitrogens with one attached hydrogen (secondary N) is 1. The Hall–Kier alpha value is -0.630. The Balaban J connectivity index is 1.98. The van der Waals surface area contributed by atoms with E-state index in [1.807, 2.05) is 12.1 Å². The van der Waals surface area contributed by atoms with Crippen molar-refractivity contribution in [2.45, 2.75) is 44.0 Å². The molecule has 2 rings (SSSR count). The van der Waals surface area contributed by atoms with Crippen LogP contribution in [0.3, 0.4) is 0 Å². The van der Waals surface area contributed by atoms with Crippen LogP contribution in [0.4, 0.5) is 0 Å². The van der Waals surface area contributed by atoms with Crippen LogP contribution in [-0.4, -0.2) is 23.7 Å². The Morgan fingerprint density at radius 3 is 3.10 bits per heavy atom. The molecular formula is C17H22BrNOS. The van der Waals surface area contributed by atoms with Gasteiger partial charge in [0.1, 0.15) is 12.4 Å². The topological polar surface area (TPSA) is 21.3 Å². The van der Waals surface area contributed by atoms with E-state index in [-0.39, 0.29) is 0 Å². The molecule has 114 valence electrons. The van der Waals surface area contributed by atoms with E-state index in [1.165, 1.54) is 25.0 Å². The predicted octanol–water partition coefficient (Wildman–Crippen LogP) is 4.22. The molecule has 0 spiro atoms. The second-order valence-corrected chi connectivity index (χ2v) is 7.59. The van der Waals surface area contributed by atoms with Gasteiger partial charge in [-0.1, -0.05) is 35.2 Å². The molecule has 4 heteroatoms. The van der Waals surface area contributed by atoms with Crippen molar-refractivity contribution in [1.29, 1.82) is 0 Å². The molecule has 2 nitrogen and oxygen atoms in total. The molecule has 0 heterocycles. The molecule has 2 atom stereocenters. The highest BCUT2D eigenvalue weighted by Gasteiger charge is 2.26. The summed E-state index contributed by atoms with van der Waals surface area (Å²) >= 11 is 5.60. The van der Waals surface area contributed by atoms with Gasteiger partial charge in [-0.05, 0) is 36.8 Å².